The van der Waals surface area contributed by atoms with Gasteiger partial charge in [-0.2, -0.15) is 0 Å². The van der Waals surface area contributed by atoms with Crippen LogP contribution in [0.2, 0.25) is 0 Å². The van der Waals surface area contributed by atoms with Crippen molar-refractivity contribution < 1.29 is 28.7 Å². The van der Waals surface area contributed by atoms with Crippen molar-refractivity contribution in [3.05, 3.63) is 74.7 Å². The number of rotatable bonds is 9. The molecule has 2 unspecified atom stereocenters. The number of aryl methyl sites for hydroxylation is 1. The van der Waals surface area contributed by atoms with E-state index in [1.165, 1.54) is 0 Å². The summed E-state index contributed by atoms with van der Waals surface area (Å²) >= 11 is 0. The van der Waals surface area contributed by atoms with Gasteiger partial charge >= 0.3 is 6.03 Å². The molecule has 4 fully saturated rings. The number of ether oxygens (including phenoxy) is 2. The lowest BCUT2D eigenvalue weighted by Crippen LogP contribution is -2.63. The number of anilines is 1. The number of hydrogen-bond donors (Lipinski definition) is 2. The summed E-state index contributed by atoms with van der Waals surface area (Å²) in [7, 11) is 6.74. The van der Waals surface area contributed by atoms with E-state index in [9.17, 15) is 24.0 Å². The lowest BCUT2D eigenvalue weighted by molar-refractivity contribution is -0.136. The number of urea groups is 1. The molecule has 2 N–H and O–H groups in total. The number of carbonyl (C=O) groups excluding carboxylic acids is 4. The fraction of sp³-hybridized carbons (Fsp3) is 0.533. The third kappa shape index (κ3) is 6.98. The van der Waals surface area contributed by atoms with E-state index < -0.39 is 6.04 Å². The molecule has 6 aliphatic rings. The van der Waals surface area contributed by atoms with Crippen molar-refractivity contribution in [1.82, 2.24) is 34.8 Å². The number of methoxy groups -OCH3 is 2. The highest BCUT2D eigenvalue weighted by Crippen LogP contribution is 2.45. The number of nitrogens with zero attached hydrogens (tertiary/aromatic N) is 6. The predicted octanol–water partition coefficient (Wildman–Crippen LogP) is 2.95. The molecular formula is C45H56N8O7. The van der Waals surface area contributed by atoms with Crippen molar-refractivity contribution >= 4 is 29.4 Å². The Balaban J connectivity index is 0.789. The van der Waals surface area contributed by atoms with Gasteiger partial charge in [0, 0.05) is 106 Å². The van der Waals surface area contributed by atoms with Gasteiger partial charge in [-0.05, 0) is 92.6 Å². The van der Waals surface area contributed by atoms with E-state index in [0.29, 0.717) is 61.0 Å². The quantitative estimate of drug-likeness (QED) is 0.309. The zero-order valence-electron chi connectivity index (χ0n) is 35.3. The summed E-state index contributed by atoms with van der Waals surface area (Å²) in [6.07, 6.45) is 5.40. The lowest BCUT2D eigenvalue weighted by Gasteiger charge is -2.56. The molecule has 0 bridgehead atoms. The van der Waals surface area contributed by atoms with Crippen LogP contribution >= 0.6 is 0 Å². The number of aromatic nitrogens is 1. The van der Waals surface area contributed by atoms with Gasteiger partial charge in [-0.3, -0.25) is 29.4 Å². The molecular weight excluding hydrogens is 765 g/mol. The molecule has 318 valence electrons. The van der Waals surface area contributed by atoms with E-state index in [0.717, 1.165) is 97.1 Å². The topological polar surface area (TPSA) is 149 Å². The van der Waals surface area contributed by atoms with Gasteiger partial charge in [0.05, 0.1) is 26.3 Å². The van der Waals surface area contributed by atoms with Crippen LogP contribution in [-0.2, 0) is 42.7 Å². The Bertz CT molecular complexity index is 2280. The molecule has 5 amide bonds. The summed E-state index contributed by atoms with van der Waals surface area (Å²) in [5.74, 6) is 1.30. The first-order chi connectivity index (χ1) is 28.9. The highest BCUT2D eigenvalue weighted by Gasteiger charge is 2.47. The van der Waals surface area contributed by atoms with Crippen LogP contribution in [0.5, 0.6) is 11.5 Å². The maximum Gasteiger partial charge on any atom is 0.317 e. The van der Waals surface area contributed by atoms with Crippen LogP contribution in [0.3, 0.4) is 0 Å². The molecule has 7 heterocycles. The molecule has 60 heavy (non-hydrogen) atoms. The van der Waals surface area contributed by atoms with Crippen molar-refractivity contribution in [3.8, 4) is 22.6 Å². The van der Waals surface area contributed by atoms with Crippen molar-refractivity contribution in [2.45, 2.75) is 70.7 Å². The van der Waals surface area contributed by atoms with Crippen molar-refractivity contribution in [3.63, 3.8) is 0 Å². The number of piperidine rings is 2. The molecule has 1 spiro atoms. The Morgan fingerprint density at radius 3 is 2.32 bits per heavy atom. The molecule has 0 aliphatic carbocycles. The van der Waals surface area contributed by atoms with Crippen LogP contribution in [0, 0.1) is 11.3 Å². The predicted molar refractivity (Wildman–Crippen MR) is 225 cm³/mol. The van der Waals surface area contributed by atoms with Gasteiger partial charge in [0.2, 0.25) is 11.8 Å². The average molecular weight is 821 g/mol. The van der Waals surface area contributed by atoms with E-state index in [1.807, 2.05) is 18.3 Å². The average Bonchev–Trinajstić information content (AvgIpc) is 3.56. The highest BCUT2D eigenvalue weighted by molar-refractivity contribution is 6.05. The van der Waals surface area contributed by atoms with Crippen molar-refractivity contribution in [2.24, 2.45) is 18.4 Å². The first-order valence-corrected chi connectivity index (χ1v) is 21.3. The molecule has 15 heteroatoms. The van der Waals surface area contributed by atoms with Gasteiger partial charge in [-0.15, -0.1) is 0 Å². The molecule has 2 aromatic carbocycles. The van der Waals surface area contributed by atoms with Crippen LogP contribution in [0.15, 0.2) is 41.3 Å². The number of amides is 5. The number of carbonyl (C=O) groups is 4. The van der Waals surface area contributed by atoms with Crippen LogP contribution < -0.4 is 30.6 Å². The Labute approximate surface area is 350 Å². The summed E-state index contributed by atoms with van der Waals surface area (Å²) in [5.41, 5.74) is 7.35. The molecule has 0 saturated carbocycles. The molecule has 15 nitrogen and oxygen atoms in total. The second-order valence-electron chi connectivity index (χ2n) is 17.8. The fourth-order valence-corrected chi connectivity index (χ4v) is 10.6. The molecule has 9 rings (SSSR count). The minimum Gasteiger partial charge on any atom is -0.496 e. The van der Waals surface area contributed by atoms with Crippen LogP contribution in [-0.4, -0.2) is 127 Å². The first-order valence-electron chi connectivity index (χ1n) is 21.3. The summed E-state index contributed by atoms with van der Waals surface area (Å²) < 4.78 is 13.6. The maximum atomic E-state index is 13.4. The number of benzene rings is 2. The molecule has 1 aromatic heterocycles. The van der Waals surface area contributed by atoms with E-state index >= 15 is 0 Å². The molecule has 2 atom stereocenters. The summed E-state index contributed by atoms with van der Waals surface area (Å²) in [5, 5.41) is 5.06. The SMILES string of the molecule is CNC(=O)N1CCc2c(-c3cc(OC)c(CN4CC(C(C)N5CCC6(CC5)CN(c5ccc7c(c5)C(=O)N(C5CCC(=O)NC5=O)C7)C6)C4)c(OC)c3)cn(C)c(=O)c2C1. The molecule has 0 radical (unpaired) electrons. The van der Waals surface area contributed by atoms with Gasteiger partial charge in [0.1, 0.15) is 17.5 Å². The minimum atomic E-state index is -0.600. The van der Waals surface area contributed by atoms with E-state index in [-0.39, 0.29) is 42.3 Å². The fourth-order valence-electron chi connectivity index (χ4n) is 10.6. The largest absolute Gasteiger partial charge is 0.496 e. The number of pyridine rings is 1. The van der Waals surface area contributed by atoms with E-state index in [1.54, 1.807) is 42.7 Å². The monoisotopic (exact) mass is 820 g/mol. The van der Waals surface area contributed by atoms with Crippen molar-refractivity contribution in [1.29, 1.82) is 0 Å². The van der Waals surface area contributed by atoms with Crippen LogP contribution in [0.1, 0.15) is 65.2 Å². The minimum absolute atomic E-state index is 0.0903. The Hall–Kier alpha value is -5.41. The van der Waals surface area contributed by atoms with Gasteiger partial charge in [0.15, 0.2) is 0 Å². The maximum absolute atomic E-state index is 13.4. The highest BCUT2D eigenvalue weighted by atomic mass is 16.5. The molecule has 6 aliphatic heterocycles. The lowest BCUT2D eigenvalue weighted by atomic mass is 9.71. The van der Waals surface area contributed by atoms with E-state index in [4.69, 9.17) is 9.47 Å². The van der Waals surface area contributed by atoms with Crippen LogP contribution in [0.4, 0.5) is 10.5 Å². The van der Waals surface area contributed by atoms with Crippen molar-refractivity contribution in [2.75, 3.05) is 72.0 Å². The second-order valence-corrected chi connectivity index (χ2v) is 17.8. The van der Waals surface area contributed by atoms with Crippen LogP contribution in [0.25, 0.3) is 11.1 Å². The Morgan fingerprint density at radius 2 is 1.65 bits per heavy atom. The normalized spacial score (nSPS) is 22.2. The summed E-state index contributed by atoms with van der Waals surface area (Å²) in [4.78, 5) is 74.0. The number of likely N-dealkylation sites (tertiary alicyclic amines) is 2. The van der Waals surface area contributed by atoms with Gasteiger partial charge < -0.3 is 39.0 Å². The number of imide groups is 1. The van der Waals surface area contributed by atoms with E-state index in [2.05, 4.69) is 50.5 Å². The van der Waals surface area contributed by atoms with Gasteiger partial charge in [0.25, 0.3) is 11.5 Å². The second kappa shape index (κ2) is 15.6. The van der Waals surface area contributed by atoms with Gasteiger partial charge in [-0.25, -0.2) is 4.79 Å². The smallest absolute Gasteiger partial charge is 0.317 e. The molecule has 4 saturated heterocycles. The zero-order chi connectivity index (χ0) is 42.0. The Morgan fingerprint density at radius 1 is 0.933 bits per heavy atom. The third-order valence-corrected chi connectivity index (χ3v) is 14.4. The van der Waals surface area contributed by atoms with Gasteiger partial charge in [-0.1, -0.05) is 6.07 Å². The third-order valence-electron chi connectivity index (χ3n) is 14.4. The summed E-state index contributed by atoms with van der Waals surface area (Å²) in [6, 6.07) is 9.93. The number of fused-ring (bicyclic) bond motifs is 2. The Kier molecular flexibility index (Phi) is 10.4. The number of hydrogen-bond acceptors (Lipinski definition) is 10. The summed E-state index contributed by atoms with van der Waals surface area (Å²) in [6.45, 7) is 10.4. The zero-order valence-corrected chi connectivity index (χ0v) is 35.3. The standard InChI is InChI=1S/C45H56N8O7/c1-27(50-14-11-45(12-15-50)25-52(26-45)31-7-6-28-21-53(43(57)33(28)18-31)37-8-9-40(54)47-41(37)55)30-19-49(20-30)23-36-38(59-4)16-29(17-39(36)60-5)34-22-48(3)42(56)35-24-51(44(58)46-2)13-10-32(34)35/h6-7,16-18,22,27,30,37H,8-15,19-21,23-26H2,1-5H3,(H,46,58)(H,47,54,55). The number of nitrogens with one attached hydrogen (secondary N) is 2. The first kappa shape index (κ1) is 40.0. The molecule has 3 aromatic rings.